The Hall–Kier alpha value is -3.12. The van der Waals surface area contributed by atoms with E-state index in [1.807, 2.05) is 48.2 Å². The minimum absolute atomic E-state index is 0.136. The standard InChI is InChI=1S/C27H28N2O3S/c1-20-11-12-25-24(17-20)23-9-5-6-10-26(23)33(31,32)29(25)19-27(30)28-15-13-22(14-16-28)18-21-7-3-2-4-8-21/h2-12,17,22H,13-16,18-19H2,1H3. The van der Waals surface area contributed by atoms with Gasteiger partial charge in [0.2, 0.25) is 5.91 Å². The van der Waals surface area contributed by atoms with Gasteiger partial charge in [-0.1, -0.05) is 60.2 Å². The molecular weight excluding hydrogens is 432 g/mol. The Morgan fingerprint density at radius 3 is 2.36 bits per heavy atom. The van der Waals surface area contributed by atoms with Crippen molar-refractivity contribution in [1.82, 2.24) is 4.90 Å². The number of hydrogen-bond acceptors (Lipinski definition) is 3. The van der Waals surface area contributed by atoms with Gasteiger partial charge in [-0.3, -0.25) is 9.10 Å². The van der Waals surface area contributed by atoms with Gasteiger partial charge in [0.1, 0.15) is 6.54 Å². The molecule has 5 nitrogen and oxygen atoms in total. The number of piperidine rings is 1. The van der Waals surface area contributed by atoms with Crippen LogP contribution in [0, 0.1) is 12.8 Å². The van der Waals surface area contributed by atoms with E-state index in [9.17, 15) is 13.2 Å². The first-order valence-electron chi connectivity index (χ1n) is 11.5. The lowest BCUT2D eigenvalue weighted by Crippen LogP contribution is -2.47. The third kappa shape index (κ3) is 4.15. The number of benzene rings is 3. The molecule has 0 unspecified atom stereocenters. The Morgan fingerprint density at radius 2 is 1.61 bits per heavy atom. The number of fused-ring (bicyclic) bond motifs is 3. The summed E-state index contributed by atoms with van der Waals surface area (Å²) >= 11 is 0. The van der Waals surface area contributed by atoms with Crippen molar-refractivity contribution in [1.29, 1.82) is 0 Å². The molecule has 0 aromatic heterocycles. The highest BCUT2D eigenvalue weighted by atomic mass is 32.2. The summed E-state index contributed by atoms with van der Waals surface area (Å²) in [6.45, 7) is 3.15. The Morgan fingerprint density at radius 1 is 0.909 bits per heavy atom. The number of anilines is 1. The van der Waals surface area contributed by atoms with E-state index in [1.54, 1.807) is 12.1 Å². The summed E-state index contributed by atoms with van der Waals surface area (Å²) in [4.78, 5) is 15.3. The van der Waals surface area contributed by atoms with Crippen LogP contribution in [0.1, 0.15) is 24.0 Å². The van der Waals surface area contributed by atoms with E-state index in [1.165, 1.54) is 9.87 Å². The van der Waals surface area contributed by atoms with E-state index in [0.29, 0.717) is 30.3 Å². The minimum Gasteiger partial charge on any atom is -0.341 e. The fourth-order valence-electron chi connectivity index (χ4n) is 4.97. The van der Waals surface area contributed by atoms with Gasteiger partial charge in [0.25, 0.3) is 10.0 Å². The fourth-order valence-corrected chi connectivity index (χ4v) is 6.61. The van der Waals surface area contributed by atoms with Gasteiger partial charge in [-0.15, -0.1) is 0 Å². The van der Waals surface area contributed by atoms with E-state index in [4.69, 9.17) is 0 Å². The Balaban J connectivity index is 1.34. The maximum atomic E-state index is 13.5. The van der Waals surface area contributed by atoms with Gasteiger partial charge in [-0.05, 0) is 55.9 Å². The van der Waals surface area contributed by atoms with Crippen LogP contribution in [0.5, 0.6) is 0 Å². The van der Waals surface area contributed by atoms with E-state index in [-0.39, 0.29) is 17.3 Å². The van der Waals surface area contributed by atoms with Crippen molar-refractivity contribution in [2.24, 2.45) is 5.92 Å². The maximum absolute atomic E-state index is 13.5. The molecular formula is C27H28N2O3S. The van der Waals surface area contributed by atoms with Crippen molar-refractivity contribution < 1.29 is 13.2 Å². The zero-order valence-corrected chi connectivity index (χ0v) is 19.6. The molecule has 0 atom stereocenters. The molecule has 6 heteroatoms. The normalized spacial score (nSPS) is 17.4. The molecule has 1 saturated heterocycles. The molecule has 0 bridgehead atoms. The summed E-state index contributed by atoms with van der Waals surface area (Å²) in [6.07, 6.45) is 2.89. The lowest BCUT2D eigenvalue weighted by Gasteiger charge is -2.36. The first kappa shape index (κ1) is 21.7. The Bertz CT molecular complexity index is 1280. The Labute approximate surface area is 195 Å². The number of aryl methyl sites for hydroxylation is 1. The van der Waals surface area contributed by atoms with E-state index < -0.39 is 10.0 Å². The predicted molar refractivity (Wildman–Crippen MR) is 131 cm³/mol. The molecule has 5 rings (SSSR count). The van der Waals surface area contributed by atoms with Gasteiger partial charge in [-0.25, -0.2) is 8.42 Å². The second-order valence-electron chi connectivity index (χ2n) is 9.04. The van der Waals surface area contributed by atoms with Crippen LogP contribution in [0.3, 0.4) is 0 Å². The zero-order valence-electron chi connectivity index (χ0n) is 18.8. The number of nitrogens with zero attached hydrogens (tertiary/aromatic N) is 2. The molecule has 0 radical (unpaired) electrons. The maximum Gasteiger partial charge on any atom is 0.265 e. The first-order valence-corrected chi connectivity index (χ1v) is 12.9. The molecule has 3 aromatic rings. The van der Waals surface area contributed by atoms with Crippen molar-refractivity contribution in [3.8, 4) is 11.1 Å². The van der Waals surface area contributed by atoms with Gasteiger partial charge in [0, 0.05) is 24.2 Å². The molecule has 0 spiro atoms. The van der Waals surface area contributed by atoms with Crippen molar-refractivity contribution in [3.63, 3.8) is 0 Å². The van der Waals surface area contributed by atoms with Gasteiger partial charge in [0.05, 0.1) is 10.6 Å². The molecule has 0 N–H and O–H groups in total. The Kier molecular flexibility index (Phi) is 5.71. The largest absolute Gasteiger partial charge is 0.341 e. The zero-order chi connectivity index (χ0) is 23.0. The number of amides is 1. The molecule has 0 aliphatic carbocycles. The van der Waals surface area contributed by atoms with Crippen LogP contribution in [-0.4, -0.2) is 38.9 Å². The van der Waals surface area contributed by atoms with Gasteiger partial charge in [-0.2, -0.15) is 0 Å². The van der Waals surface area contributed by atoms with Crippen molar-refractivity contribution >= 4 is 21.6 Å². The number of likely N-dealkylation sites (tertiary alicyclic amines) is 1. The SMILES string of the molecule is Cc1ccc2c(c1)-c1ccccc1S(=O)(=O)N2CC(=O)N1CCC(Cc2ccccc2)CC1. The third-order valence-electron chi connectivity index (χ3n) is 6.78. The van der Waals surface area contributed by atoms with Crippen LogP contribution >= 0.6 is 0 Å². The van der Waals surface area contributed by atoms with Gasteiger partial charge < -0.3 is 4.90 Å². The quantitative estimate of drug-likeness (QED) is 0.569. The summed E-state index contributed by atoms with van der Waals surface area (Å²) in [5, 5.41) is 0. The van der Waals surface area contributed by atoms with E-state index in [0.717, 1.165) is 30.4 Å². The van der Waals surface area contributed by atoms with Crippen molar-refractivity contribution in [2.45, 2.75) is 31.1 Å². The molecule has 170 valence electrons. The highest BCUT2D eigenvalue weighted by molar-refractivity contribution is 7.93. The van der Waals surface area contributed by atoms with E-state index >= 15 is 0 Å². The molecule has 0 saturated carbocycles. The second kappa shape index (κ2) is 8.67. The molecule has 2 aliphatic heterocycles. The number of carbonyl (C=O) groups excluding carboxylic acids is 1. The molecule has 3 aromatic carbocycles. The molecule has 2 aliphatic rings. The van der Waals surface area contributed by atoms with Crippen LogP contribution < -0.4 is 4.31 Å². The number of sulfonamides is 1. The van der Waals surface area contributed by atoms with Crippen LogP contribution in [0.4, 0.5) is 5.69 Å². The highest BCUT2D eigenvalue weighted by Crippen LogP contribution is 2.43. The fraction of sp³-hybridized carbons (Fsp3) is 0.296. The van der Waals surface area contributed by atoms with E-state index in [2.05, 4.69) is 24.3 Å². The summed E-state index contributed by atoms with van der Waals surface area (Å²) in [5.41, 5.74) is 4.50. The third-order valence-corrected chi connectivity index (χ3v) is 8.60. The predicted octanol–water partition coefficient (Wildman–Crippen LogP) is 4.65. The number of carbonyl (C=O) groups is 1. The summed E-state index contributed by atoms with van der Waals surface area (Å²) in [7, 11) is -3.81. The monoisotopic (exact) mass is 460 g/mol. The minimum atomic E-state index is -3.81. The van der Waals surface area contributed by atoms with Gasteiger partial charge >= 0.3 is 0 Å². The van der Waals surface area contributed by atoms with Crippen molar-refractivity contribution in [2.75, 3.05) is 23.9 Å². The van der Waals surface area contributed by atoms with Crippen LogP contribution in [0.25, 0.3) is 11.1 Å². The average Bonchev–Trinajstić information content (AvgIpc) is 2.83. The van der Waals surface area contributed by atoms with Crippen LogP contribution in [0.15, 0.2) is 77.7 Å². The summed E-state index contributed by atoms with van der Waals surface area (Å²) < 4.78 is 28.3. The summed E-state index contributed by atoms with van der Waals surface area (Å²) in [5.74, 6) is 0.411. The first-order chi connectivity index (χ1) is 15.9. The number of hydrogen-bond donors (Lipinski definition) is 0. The highest BCUT2D eigenvalue weighted by Gasteiger charge is 2.37. The molecule has 1 amide bonds. The second-order valence-corrected chi connectivity index (χ2v) is 10.9. The molecule has 1 fully saturated rings. The summed E-state index contributed by atoms with van der Waals surface area (Å²) in [6, 6.07) is 23.2. The number of rotatable bonds is 4. The average molecular weight is 461 g/mol. The topological polar surface area (TPSA) is 57.7 Å². The van der Waals surface area contributed by atoms with Crippen LogP contribution in [-0.2, 0) is 21.2 Å². The lowest BCUT2D eigenvalue weighted by molar-refractivity contribution is -0.130. The van der Waals surface area contributed by atoms with Crippen molar-refractivity contribution in [3.05, 3.63) is 83.9 Å². The lowest BCUT2D eigenvalue weighted by atomic mass is 9.90. The smallest absolute Gasteiger partial charge is 0.265 e. The van der Waals surface area contributed by atoms with Crippen LogP contribution in [0.2, 0.25) is 0 Å². The molecule has 33 heavy (non-hydrogen) atoms. The molecule has 2 heterocycles. The van der Waals surface area contributed by atoms with Gasteiger partial charge in [0.15, 0.2) is 0 Å².